The normalized spacial score (nSPS) is 13.7. The third-order valence-electron chi connectivity index (χ3n) is 4.22. The summed E-state index contributed by atoms with van der Waals surface area (Å²) in [6, 6.07) is 0.296. The van der Waals surface area contributed by atoms with Crippen LogP contribution in [-0.2, 0) is 17.7 Å². The zero-order valence-corrected chi connectivity index (χ0v) is 13.1. The Morgan fingerprint density at radius 3 is 2.47 bits per heavy atom. The van der Waals surface area contributed by atoms with Crippen LogP contribution in [0.2, 0.25) is 0 Å². The van der Waals surface area contributed by atoms with Gasteiger partial charge in [0.1, 0.15) is 5.82 Å². The van der Waals surface area contributed by atoms with Crippen LogP contribution in [0.3, 0.4) is 0 Å². The first-order valence-electron chi connectivity index (χ1n) is 7.45. The summed E-state index contributed by atoms with van der Waals surface area (Å²) in [5, 5.41) is 3.59. The number of imidazole rings is 1. The monoisotopic (exact) mass is 267 g/mol. The first-order valence-corrected chi connectivity index (χ1v) is 7.45. The summed E-state index contributed by atoms with van der Waals surface area (Å²) < 4.78 is 8.08. The van der Waals surface area contributed by atoms with Crippen molar-refractivity contribution >= 4 is 0 Å². The molecule has 1 atom stereocenters. The number of likely N-dealkylation sites (N-methyl/N-ethyl adjacent to an activating group) is 1. The summed E-state index contributed by atoms with van der Waals surface area (Å²) in [6.07, 6.45) is 6.85. The van der Waals surface area contributed by atoms with Crippen LogP contribution < -0.4 is 5.32 Å². The highest BCUT2D eigenvalue weighted by atomic mass is 16.5. The topological polar surface area (TPSA) is 39.1 Å². The van der Waals surface area contributed by atoms with Crippen molar-refractivity contribution in [3.05, 3.63) is 18.2 Å². The van der Waals surface area contributed by atoms with E-state index in [9.17, 15) is 0 Å². The highest BCUT2D eigenvalue weighted by Gasteiger charge is 2.36. The summed E-state index contributed by atoms with van der Waals surface area (Å²) in [4.78, 5) is 4.49. The minimum Gasteiger partial charge on any atom is -0.377 e. The Balaban J connectivity index is 2.94. The Hall–Kier alpha value is -0.870. The average Bonchev–Trinajstić information content (AvgIpc) is 2.89. The van der Waals surface area contributed by atoms with E-state index in [0.29, 0.717) is 6.04 Å². The number of rotatable bonds is 9. The van der Waals surface area contributed by atoms with Crippen molar-refractivity contribution in [3.63, 3.8) is 0 Å². The molecule has 0 aliphatic carbocycles. The number of hydrogen-bond acceptors (Lipinski definition) is 3. The van der Waals surface area contributed by atoms with Gasteiger partial charge in [-0.05, 0) is 26.3 Å². The van der Waals surface area contributed by atoms with Gasteiger partial charge >= 0.3 is 0 Å². The predicted molar refractivity (Wildman–Crippen MR) is 79.4 cm³/mol. The lowest BCUT2D eigenvalue weighted by molar-refractivity contribution is -0.0474. The number of aryl methyl sites for hydroxylation is 1. The molecule has 1 aromatic rings. The molecule has 0 saturated carbocycles. The van der Waals surface area contributed by atoms with Crippen LogP contribution in [0.5, 0.6) is 0 Å². The van der Waals surface area contributed by atoms with Crippen LogP contribution in [0.1, 0.15) is 46.4 Å². The fraction of sp³-hybridized carbons (Fsp3) is 0.800. The summed E-state index contributed by atoms with van der Waals surface area (Å²) in [5.74, 6) is 1.14. The van der Waals surface area contributed by atoms with Crippen LogP contribution in [0.25, 0.3) is 0 Å². The van der Waals surface area contributed by atoms with Gasteiger partial charge in [-0.2, -0.15) is 0 Å². The van der Waals surface area contributed by atoms with E-state index in [1.165, 1.54) is 0 Å². The van der Waals surface area contributed by atoms with E-state index in [0.717, 1.165) is 38.2 Å². The molecule has 4 nitrogen and oxygen atoms in total. The largest absolute Gasteiger partial charge is 0.377 e. The molecule has 0 radical (unpaired) electrons. The van der Waals surface area contributed by atoms with Crippen molar-refractivity contribution in [1.29, 1.82) is 0 Å². The van der Waals surface area contributed by atoms with Gasteiger partial charge in [0.25, 0.3) is 0 Å². The SMILES string of the molecule is CCNC(Cc1nccn1CC)C(CC)(CC)OC. The van der Waals surface area contributed by atoms with Gasteiger partial charge in [-0.1, -0.05) is 20.8 Å². The Morgan fingerprint density at radius 1 is 1.32 bits per heavy atom. The van der Waals surface area contributed by atoms with Gasteiger partial charge in [0.15, 0.2) is 0 Å². The maximum absolute atomic E-state index is 5.87. The Bertz CT molecular complexity index is 350. The zero-order valence-electron chi connectivity index (χ0n) is 13.1. The average molecular weight is 267 g/mol. The van der Waals surface area contributed by atoms with Crippen LogP contribution >= 0.6 is 0 Å². The van der Waals surface area contributed by atoms with Gasteiger partial charge in [0.05, 0.1) is 5.60 Å². The molecule has 0 spiro atoms. The van der Waals surface area contributed by atoms with Gasteiger partial charge in [-0.15, -0.1) is 0 Å². The van der Waals surface area contributed by atoms with E-state index >= 15 is 0 Å². The molecule has 110 valence electrons. The summed E-state index contributed by atoms with van der Waals surface area (Å²) in [5.41, 5.74) is -0.111. The third-order valence-corrected chi connectivity index (χ3v) is 4.22. The van der Waals surface area contributed by atoms with E-state index in [1.54, 1.807) is 0 Å². The summed E-state index contributed by atoms with van der Waals surface area (Å²) in [6.45, 7) is 10.6. The number of nitrogens with zero attached hydrogens (tertiary/aromatic N) is 2. The Morgan fingerprint density at radius 2 is 2.00 bits per heavy atom. The molecule has 0 aliphatic heterocycles. The van der Waals surface area contributed by atoms with Crippen molar-refractivity contribution in [2.24, 2.45) is 0 Å². The molecule has 0 saturated heterocycles. The van der Waals surface area contributed by atoms with E-state index in [1.807, 2.05) is 19.5 Å². The van der Waals surface area contributed by atoms with Gasteiger partial charge < -0.3 is 14.6 Å². The highest BCUT2D eigenvalue weighted by molar-refractivity contribution is 5.01. The molecule has 1 rings (SSSR count). The molecule has 0 amide bonds. The van der Waals surface area contributed by atoms with Gasteiger partial charge in [-0.25, -0.2) is 4.98 Å². The van der Waals surface area contributed by atoms with E-state index < -0.39 is 0 Å². The van der Waals surface area contributed by atoms with Crippen molar-refractivity contribution in [1.82, 2.24) is 14.9 Å². The quantitative estimate of drug-likeness (QED) is 0.747. The van der Waals surface area contributed by atoms with Crippen LogP contribution in [-0.4, -0.2) is 34.8 Å². The molecule has 0 fully saturated rings. The maximum atomic E-state index is 5.87. The molecular weight excluding hydrogens is 238 g/mol. The summed E-state index contributed by atoms with van der Waals surface area (Å²) >= 11 is 0. The number of methoxy groups -OCH3 is 1. The summed E-state index contributed by atoms with van der Waals surface area (Å²) in [7, 11) is 1.82. The number of ether oxygens (including phenoxy) is 1. The number of hydrogen-bond donors (Lipinski definition) is 1. The van der Waals surface area contributed by atoms with Crippen molar-refractivity contribution in [3.8, 4) is 0 Å². The molecule has 0 aliphatic rings. The van der Waals surface area contributed by atoms with E-state index in [-0.39, 0.29) is 5.60 Å². The van der Waals surface area contributed by atoms with Crippen molar-refractivity contribution in [2.45, 2.75) is 65.1 Å². The molecule has 1 N–H and O–H groups in total. The second-order valence-corrected chi connectivity index (χ2v) is 4.92. The minimum absolute atomic E-state index is 0.111. The molecular formula is C15H29N3O. The van der Waals surface area contributed by atoms with Crippen molar-refractivity contribution < 1.29 is 4.74 Å². The first kappa shape index (κ1) is 16.2. The molecule has 1 heterocycles. The number of nitrogens with one attached hydrogen (secondary N) is 1. The number of aromatic nitrogens is 2. The molecule has 1 aromatic heterocycles. The molecule has 0 aromatic carbocycles. The van der Waals surface area contributed by atoms with Crippen LogP contribution in [0, 0.1) is 0 Å². The fourth-order valence-corrected chi connectivity index (χ4v) is 2.86. The highest BCUT2D eigenvalue weighted by Crippen LogP contribution is 2.26. The van der Waals surface area contributed by atoms with Crippen LogP contribution in [0.4, 0.5) is 0 Å². The van der Waals surface area contributed by atoms with Gasteiger partial charge in [-0.3, -0.25) is 0 Å². The Labute approximate surface area is 117 Å². The zero-order chi connectivity index (χ0) is 14.3. The van der Waals surface area contributed by atoms with Gasteiger partial charge in [0, 0.05) is 38.5 Å². The fourth-order valence-electron chi connectivity index (χ4n) is 2.86. The molecule has 1 unspecified atom stereocenters. The Kier molecular flexibility index (Phi) is 6.52. The molecule has 0 bridgehead atoms. The first-order chi connectivity index (χ1) is 9.17. The second-order valence-electron chi connectivity index (χ2n) is 4.92. The lowest BCUT2D eigenvalue weighted by Gasteiger charge is -2.39. The van der Waals surface area contributed by atoms with Gasteiger partial charge in [0.2, 0.25) is 0 Å². The predicted octanol–water partition coefficient (Wildman–Crippen LogP) is 2.63. The maximum Gasteiger partial charge on any atom is 0.110 e. The molecule has 4 heteroatoms. The lowest BCUT2D eigenvalue weighted by atomic mass is 9.86. The van der Waals surface area contributed by atoms with E-state index in [2.05, 4.69) is 42.6 Å². The second kappa shape index (κ2) is 7.65. The van der Waals surface area contributed by atoms with Crippen LogP contribution in [0.15, 0.2) is 12.4 Å². The standard InChI is InChI=1S/C15H29N3O/c1-6-15(7-2,19-5)13(16-8-3)12-14-17-10-11-18(14)9-4/h10-11,13,16H,6-9,12H2,1-5H3. The third kappa shape index (κ3) is 3.57. The van der Waals surface area contributed by atoms with Crippen molar-refractivity contribution in [2.75, 3.05) is 13.7 Å². The molecule has 19 heavy (non-hydrogen) atoms. The lowest BCUT2D eigenvalue weighted by Crippen LogP contribution is -2.53. The minimum atomic E-state index is -0.111. The van der Waals surface area contributed by atoms with E-state index in [4.69, 9.17) is 4.74 Å². The smallest absolute Gasteiger partial charge is 0.110 e.